The van der Waals surface area contributed by atoms with Gasteiger partial charge < -0.3 is 5.73 Å². The van der Waals surface area contributed by atoms with Gasteiger partial charge in [-0.1, -0.05) is 15.9 Å². The van der Waals surface area contributed by atoms with E-state index in [9.17, 15) is 8.42 Å². The summed E-state index contributed by atoms with van der Waals surface area (Å²) in [6.45, 7) is 3.72. The molecule has 0 unspecified atom stereocenters. The molecule has 0 aliphatic rings. The first-order valence-electron chi connectivity index (χ1n) is 4.76. The predicted octanol–water partition coefficient (Wildman–Crippen LogP) is 1.46. The minimum Gasteiger partial charge on any atom is -0.329 e. The number of rotatable bonds is 4. The molecule has 1 aromatic carbocycles. The van der Waals surface area contributed by atoms with Gasteiger partial charge in [0, 0.05) is 16.6 Å². The van der Waals surface area contributed by atoms with Gasteiger partial charge in [-0.2, -0.15) is 0 Å². The van der Waals surface area contributed by atoms with E-state index >= 15 is 0 Å². The SMILES string of the molecule is CC(C)(CN)NS(=O)(=O)c1ccc(Br)cc1. The molecule has 0 aliphatic carbocycles. The molecule has 3 N–H and O–H groups in total. The van der Waals surface area contributed by atoms with Crippen molar-refractivity contribution in [3.63, 3.8) is 0 Å². The van der Waals surface area contributed by atoms with Crippen LogP contribution < -0.4 is 10.5 Å². The summed E-state index contributed by atoms with van der Waals surface area (Å²) in [4.78, 5) is 0.234. The number of hydrogen-bond donors (Lipinski definition) is 2. The number of nitrogens with one attached hydrogen (secondary N) is 1. The maximum atomic E-state index is 11.9. The van der Waals surface area contributed by atoms with Crippen LogP contribution in [0.15, 0.2) is 33.6 Å². The van der Waals surface area contributed by atoms with E-state index in [4.69, 9.17) is 5.73 Å². The Morgan fingerprint density at radius 3 is 2.25 bits per heavy atom. The van der Waals surface area contributed by atoms with Crippen LogP contribution in [0.5, 0.6) is 0 Å². The first kappa shape index (κ1) is 13.6. The van der Waals surface area contributed by atoms with Crippen LogP contribution in [-0.2, 0) is 10.0 Å². The lowest BCUT2D eigenvalue weighted by Crippen LogP contribution is -2.48. The Labute approximate surface area is 104 Å². The zero-order valence-electron chi connectivity index (χ0n) is 9.20. The Kier molecular flexibility index (Phi) is 4.12. The van der Waals surface area contributed by atoms with Crippen molar-refractivity contribution < 1.29 is 8.42 Å². The summed E-state index contributed by atoms with van der Waals surface area (Å²) in [5, 5.41) is 0. The summed E-state index contributed by atoms with van der Waals surface area (Å²) in [6.07, 6.45) is 0. The van der Waals surface area contributed by atoms with E-state index in [-0.39, 0.29) is 11.4 Å². The summed E-state index contributed by atoms with van der Waals surface area (Å²) in [6, 6.07) is 6.45. The number of halogens is 1. The highest BCUT2D eigenvalue weighted by molar-refractivity contribution is 9.10. The van der Waals surface area contributed by atoms with Crippen LogP contribution >= 0.6 is 15.9 Å². The van der Waals surface area contributed by atoms with Crippen molar-refractivity contribution in [3.05, 3.63) is 28.7 Å². The van der Waals surface area contributed by atoms with Crippen LogP contribution in [0, 0.1) is 0 Å². The van der Waals surface area contributed by atoms with E-state index < -0.39 is 15.6 Å². The maximum absolute atomic E-state index is 11.9. The van der Waals surface area contributed by atoms with Crippen LogP contribution in [0.3, 0.4) is 0 Å². The van der Waals surface area contributed by atoms with Crippen molar-refractivity contribution in [2.75, 3.05) is 6.54 Å². The predicted molar refractivity (Wildman–Crippen MR) is 67.6 cm³/mol. The molecule has 6 heteroatoms. The molecule has 16 heavy (non-hydrogen) atoms. The second-order valence-electron chi connectivity index (χ2n) is 4.15. The highest BCUT2D eigenvalue weighted by atomic mass is 79.9. The zero-order valence-corrected chi connectivity index (χ0v) is 11.6. The quantitative estimate of drug-likeness (QED) is 0.884. The van der Waals surface area contributed by atoms with Gasteiger partial charge in [0.1, 0.15) is 0 Å². The van der Waals surface area contributed by atoms with Crippen molar-refractivity contribution in [2.45, 2.75) is 24.3 Å². The van der Waals surface area contributed by atoms with Gasteiger partial charge in [-0.3, -0.25) is 0 Å². The molecule has 0 saturated carbocycles. The summed E-state index contributed by atoms with van der Waals surface area (Å²) in [5.74, 6) is 0. The molecule has 1 rings (SSSR count). The topological polar surface area (TPSA) is 72.2 Å². The molecule has 0 heterocycles. The molecular weight excluding hydrogens is 292 g/mol. The third-order valence-corrected chi connectivity index (χ3v) is 4.29. The van der Waals surface area contributed by atoms with Gasteiger partial charge in [-0.05, 0) is 38.1 Å². The average molecular weight is 307 g/mol. The van der Waals surface area contributed by atoms with E-state index in [0.717, 1.165) is 4.47 Å². The second-order valence-corrected chi connectivity index (χ2v) is 6.75. The normalized spacial score (nSPS) is 12.8. The first-order valence-corrected chi connectivity index (χ1v) is 7.04. The molecule has 0 amide bonds. The fourth-order valence-electron chi connectivity index (χ4n) is 1.08. The largest absolute Gasteiger partial charge is 0.329 e. The second kappa shape index (κ2) is 4.83. The monoisotopic (exact) mass is 306 g/mol. The summed E-state index contributed by atoms with van der Waals surface area (Å²) in [5.41, 5.74) is 4.83. The maximum Gasteiger partial charge on any atom is 0.241 e. The Morgan fingerprint density at radius 2 is 1.81 bits per heavy atom. The molecule has 0 fully saturated rings. The smallest absolute Gasteiger partial charge is 0.241 e. The van der Waals surface area contributed by atoms with Crippen molar-refractivity contribution in [1.29, 1.82) is 0 Å². The van der Waals surface area contributed by atoms with E-state index in [0.29, 0.717) is 0 Å². The van der Waals surface area contributed by atoms with E-state index in [2.05, 4.69) is 20.7 Å². The highest BCUT2D eigenvalue weighted by Crippen LogP contribution is 2.16. The summed E-state index contributed by atoms with van der Waals surface area (Å²) in [7, 11) is -3.50. The first-order chi connectivity index (χ1) is 7.27. The number of hydrogen-bond acceptors (Lipinski definition) is 3. The van der Waals surface area contributed by atoms with Gasteiger partial charge in [-0.25, -0.2) is 13.1 Å². The lowest BCUT2D eigenvalue weighted by Gasteiger charge is -2.23. The lowest BCUT2D eigenvalue weighted by molar-refractivity contribution is 0.462. The molecular formula is C10H15BrN2O2S. The Bertz CT molecular complexity index is 454. The Balaban J connectivity index is 2.99. The standard InChI is InChI=1S/C10H15BrN2O2S/c1-10(2,7-12)13-16(14,15)9-5-3-8(11)4-6-9/h3-6,13H,7,12H2,1-2H3. The Morgan fingerprint density at radius 1 is 1.31 bits per heavy atom. The van der Waals surface area contributed by atoms with E-state index in [1.807, 2.05) is 0 Å². The molecule has 0 spiro atoms. The molecule has 0 saturated heterocycles. The van der Waals surface area contributed by atoms with Crippen LogP contribution in [0.4, 0.5) is 0 Å². The molecule has 0 aromatic heterocycles. The van der Waals surface area contributed by atoms with Gasteiger partial charge in [0.2, 0.25) is 10.0 Å². The molecule has 0 bridgehead atoms. The zero-order chi connectivity index (χ0) is 12.4. The number of benzene rings is 1. The lowest BCUT2D eigenvalue weighted by atomic mass is 10.1. The van der Waals surface area contributed by atoms with Gasteiger partial charge in [0.25, 0.3) is 0 Å². The fraction of sp³-hybridized carbons (Fsp3) is 0.400. The van der Waals surface area contributed by atoms with Gasteiger partial charge in [-0.15, -0.1) is 0 Å². The fourth-order valence-corrected chi connectivity index (χ4v) is 2.77. The molecule has 0 atom stereocenters. The molecule has 1 aromatic rings. The van der Waals surface area contributed by atoms with Crippen molar-refractivity contribution in [2.24, 2.45) is 5.73 Å². The van der Waals surface area contributed by atoms with Crippen LogP contribution in [0.2, 0.25) is 0 Å². The molecule has 0 aliphatic heterocycles. The van der Waals surface area contributed by atoms with E-state index in [1.165, 1.54) is 0 Å². The van der Waals surface area contributed by atoms with Crippen molar-refractivity contribution in [3.8, 4) is 0 Å². The van der Waals surface area contributed by atoms with Gasteiger partial charge in [0.15, 0.2) is 0 Å². The van der Waals surface area contributed by atoms with Crippen molar-refractivity contribution >= 4 is 26.0 Å². The third-order valence-electron chi connectivity index (χ3n) is 2.04. The Hall–Kier alpha value is -0.430. The number of nitrogens with two attached hydrogens (primary N) is 1. The molecule has 0 radical (unpaired) electrons. The molecule has 90 valence electrons. The third kappa shape index (κ3) is 3.55. The van der Waals surface area contributed by atoms with Crippen LogP contribution in [0.1, 0.15) is 13.8 Å². The van der Waals surface area contributed by atoms with Crippen LogP contribution in [-0.4, -0.2) is 20.5 Å². The summed E-state index contributed by atoms with van der Waals surface area (Å²) < 4.78 is 27.3. The average Bonchev–Trinajstić information content (AvgIpc) is 2.17. The minimum absolute atomic E-state index is 0.234. The van der Waals surface area contributed by atoms with Crippen molar-refractivity contribution in [1.82, 2.24) is 4.72 Å². The van der Waals surface area contributed by atoms with Gasteiger partial charge >= 0.3 is 0 Å². The van der Waals surface area contributed by atoms with Gasteiger partial charge in [0.05, 0.1) is 4.90 Å². The molecule has 4 nitrogen and oxygen atoms in total. The van der Waals surface area contributed by atoms with Crippen LogP contribution in [0.25, 0.3) is 0 Å². The summed E-state index contributed by atoms with van der Waals surface area (Å²) >= 11 is 3.25. The number of sulfonamides is 1. The van der Waals surface area contributed by atoms with E-state index in [1.54, 1.807) is 38.1 Å². The highest BCUT2D eigenvalue weighted by Gasteiger charge is 2.24. The minimum atomic E-state index is -3.50.